The molecule has 2 atom stereocenters. The van der Waals surface area contributed by atoms with E-state index in [-0.39, 0.29) is 18.5 Å². The van der Waals surface area contributed by atoms with Gasteiger partial charge in [0.2, 0.25) is 0 Å². The van der Waals surface area contributed by atoms with Crippen molar-refractivity contribution in [1.82, 2.24) is 10.2 Å². The average Bonchev–Trinajstić information content (AvgIpc) is 2.37. The zero-order chi connectivity index (χ0) is 14.8. The van der Waals surface area contributed by atoms with Crippen LogP contribution in [0, 0.1) is 5.92 Å². The summed E-state index contributed by atoms with van der Waals surface area (Å²) in [4.78, 5) is 13.9. The topological polar surface area (TPSA) is 41.6 Å². The van der Waals surface area contributed by atoms with Crippen molar-refractivity contribution < 1.29 is 9.53 Å². The number of nitrogens with zero attached hydrogens (tertiary/aromatic N) is 1. The summed E-state index contributed by atoms with van der Waals surface area (Å²) >= 11 is 0. The highest BCUT2D eigenvalue weighted by Gasteiger charge is 2.32. The van der Waals surface area contributed by atoms with Crippen molar-refractivity contribution in [1.29, 1.82) is 0 Å². The minimum absolute atomic E-state index is 0. The number of likely N-dealkylation sites (tertiary alicyclic amines) is 1. The van der Waals surface area contributed by atoms with E-state index in [0.29, 0.717) is 12.1 Å². The van der Waals surface area contributed by atoms with Crippen molar-refractivity contribution in [3.8, 4) is 0 Å². The summed E-state index contributed by atoms with van der Waals surface area (Å²) in [5.41, 5.74) is -0.395. The van der Waals surface area contributed by atoms with E-state index in [1.165, 1.54) is 19.3 Å². The summed E-state index contributed by atoms with van der Waals surface area (Å²) in [6, 6.07) is 1.30. The zero-order valence-corrected chi connectivity index (χ0v) is 14.7. The molecule has 2 aliphatic rings. The highest BCUT2D eigenvalue weighted by Crippen LogP contribution is 2.27. The second kappa shape index (κ2) is 7.68. The van der Waals surface area contributed by atoms with Crippen LogP contribution >= 0.6 is 12.4 Å². The van der Waals surface area contributed by atoms with Crippen LogP contribution in [0.15, 0.2) is 0 Å². The molecule has 2 saturated heterocycles. The lowest BCUT2D eigenvalue weighted by molar-refractivity contribution is 0.0161. The van der Waals surface area contributed by atoms with E-state index < -0.39 is 5.60 Å². The molecule has 0 aliphatic carbocycles. The van der Waals surface area contributed by atoms with E-state index in [4.69, 9.17) is 4.74 Å². The molecule has 1 amide bonds. The van der Waals surface area contributed by atoms with Crippen LogP contribution in [0.3, 0.4) is 0 Å². The Bertz CT molecular complexity index is 336. The third-order valence-electron chi connectivity index (χ3n) is 4.41. The molecular weight excluding hydrogens is 288 g/mol. The second-order valence-corrected chi connectivity index (χ2v) is 7.41. The Hall–Kier alpha value is -0.480. The van der Waals surface area contributed by atoms with Gasteiger partial charge in [0.05, 0.1) is 0 Å². The van der Waals surface area contributed by atoms with Gasteiger partial charge in [-0.25, -0.2) is 4.79 Å². The number of carbonyl (C=O) groups is 1. The fraction of sp³-hybridized carbons (Fsp3) is 0.938. The van der Waals surface area contributed by atoms with Gasteiger partial charge < -0.3 is 15.0 Å². The van der Waals surface area contributed by atoms with Gasteiger partial charge >= 0.3 is 6.09 Å². The third-order valence-corrected chi connectivity index (χ3v) is 4.41. The monoisotopic (exact) mass is 318 g/mol. The van der Waals surface area contributed by atoms with Gasteiger partial charge in [0, 0.05) is 25.2 Å². The molecule has 0 spiro atoms. The summed E-state index contributed by atoms with van der Waals surface area (Å²) in [6.45, 7) is 9.72. The predicted octanol–water partition coefficient (Wildman–Crippen LogP) is 3.59. The lowest BCUT2D eigenvalue weighted by atomic mass is 9.84. The van der Waals surface area contributed by atoms with Crippen LogP contribution in [-0.4, -0.2) is 41.8 Å². The molecule has 124 valence electrons. The summed E-state index contributed by atoms with van der Waals surface area (Å²) in [6.07, 6.45) is 5.98. The van der Waals surface area contributed by atoms with Gasteiger partial charge in [0.25, 0.3) is 0 Å². The molecule has 5 heteroatoms. The van der Waals surface area contributed by atoms with Gasteiger partial charge in [0.1, 0.15) is 5.60 Å². The SMILES string of the molecule is C[C@@H]1CCC[C@H](C2CCN(C(=O)OC(C)(C)C)CC2)N1.Cl. The first-order chi connectivity index (χ1) is 9.35. The Balaban J connectivity index is 0.00000220. The van der Waals surface area contributed by atoms with Gasteiger partial charge in [-0.1, -0.05) is 6.42 Å². The maximum atomic E-state index is 12.0. The van der Waals surface area contributed by atoms with Crippen LogP contribution in [0.4, 0.5) is 4.79 Å². The van der Waals surface area contributed by atoms with Gasteiger partial charge in [-0.05, 0) is 59.3 Å². The first kappa shape index (κ1) is 18.6. The summed E-state index contributed by atoms with van der Waals surface area (Å²) in [5, 5.41) is 3.73. The quantitative estimate of drug-likeness (QED) is 0.803. The van der Waals surface area contributed by atoms with Crippen LogP contribution in [0.5, 0.6) is 0 Å². The van der Waals surface area contributed by atoms with E-state index >= 15 is 0 Å². The van der Waals surface area contributed by atoms with Gasteiger partial charge in [-0.15, -0.1) is 12.4 Å². The van der Waals surface area contributed by atoms with Gasteiger partial charge in [-0.3, -0.25) is 0 Å². The van der Waals surface area contributed by atoms with Crippen molar-refractivity contribution in [3.63, 3.8) is 0 Å². The number of rotatable bonds is 1. The summed E-state index contributed by atoms with van der Waals surface area (Å²) in [7, 11) is 0. The minimum atomic E-state index is -0.395. The van der Waals surface area contributed by atoms with Crippen LogP contribution in [0.25, 0.3) is 0 Å². The van der Waals surface area contributed by atoms with E-state index in [0.717, 1.165) is 31.8 Å². The van der Waals surface area contributed by atoms with E-state index in [1.807, 2.05) is 25.7 Å². The molecule has 0 radical (unpaired) electrons. The average molecular weight is 319 g/mol. The van der Waals surface area contributed by atoms with E-state index in [9.17, 15) is 4.79 Å². The molecule has 0 bridgehead atoms. The summed E-state index contributed by atoms with van der Waals surface area (Å²) in [5.74, 6) is 0.719. The summed E-state index contributed by atoms with van der Waals surface area (Å²) < 4.78 is 5.45. The zero-order valence-electron chi connectivity index (χ0n) is 13.9. The van der Waals surface area contributed by atoms with Crippen molar-refractivity contribution in [2.75, 3.05) is 13.1 Å². The number of hydrogen-bond donors (Lipinski definition) is 1. The van der Waals surface area contributed by atoms with Crippen LogP contribution in [0.1, 0.15) is 59.8 Å². The van der Waals surface area contributed by atoms with Crippen molar-refractivity contribution in [2.45, 2.75) is 77.5 Å². The molecule has 0 saturated carbocycles. The Kier molecular flexibility index (Phi) is 6.79. The van der Waals surface area contributed by atoms with Crippen molar-refractivity contribution in [3.05, 3.63) is 0 Å². The number of halogens is 1. The maximum absolute atomic E-state index is 12.0. The molecular formula is C16H31ClN2O2. The third kappa shape index (κ3) is 5.67. The molecule has 1 N–H and O–H groups in total. The number of piperidine rings is 2. The first-order valence-corrected chi connectivity index (χ1v) is 8.09. The van der Waals surface area contributed by atoms with Crippen molar-refractivity contribution in [2.24, 2.45) is 5.92 Å². The smallest absolute Gasteiger partial charge is 0.410 e. The van der Waals surface area contributed by atoms with Gasteiger partial charge in [-0.2, -0.15) is 0 Å². The van der Waals surface area contributed by atoms with Crippen LogP contribution in [-0.2, 0) is 4.74 Å². The lowest BCUT2D eigenvalue weighted by Gasteiger charge is -2.40. The highest BCUT2D eigenvalue weighted by molar-refractivity contribution is 5.85. The number of hydrogen-bond acceptors (Lipinski definition) is 3. The first-order valence-electron chi connectivity index (χ1n) is 8.09. The van der Waals surface area contributed by atoms with Crippen LogP contribution in [0.2, 0.25) is 0 Å². The number of amides is 1. The van der Waals surface area contributed by atoms with E-state index in [1.54, 1.807) is 0 Å². The molecule has 0 aromatic rings. The second-order valence-electron chi connectivity index (χ2n) is 7.41. The highest BCUT2D eigenvalue weighted by atomic mass is 35.5. The standard InChI is InChI=1S/C16H30N2O2.ClH/c1-12-6-5-7-14(17-12)13-8-10-18(11-9-13)15(19)20-16(2,3)4;/h12-14,17H,5-11H2,1-4H3;1H/t12-,14-;/m1./s1. The van der Waals surface area contributed by atoms with Gasteiger partial charge in [0.15, 0.2) is 0 Å². The predicted molar refractivity (Wildman–Crippen MR) is 88.0 cm³/mol. The largest absolute Gasteiger partial charge is 0.444 e. The van der Waals surface area contributed by atoms with Crippen molar-refractivity contribution >= 4 is 18.5 Å². The molecule has 0 aromatic carbocycles. The number of carbonyl (C=O) groups excluding carboxylic acids is 1. The fourth-order valence-electron chi connectivity index (χ4n) is 3.36. The Morgan fingerprint density at radius 3 is 2.29 bits per heavy atom. The number of ether oxygens (including phenoxy) is 1. The fourth-order valence-corrected chi connectivity index (χ4v) is 3.36. The van der Waals surface area contributed by atoms with E-state index in [2.05, 4.69) is 12.2 Å². The van der Waals surface area contributed by atoms with Crippen LogP contribution < -0.4 is 5.32 Å². The molecule has 2 aliphatic heterocycles. The molecule has 2 rings (SSSR count). The Morgan fingerprint density at radius 2 is 1.76 bits per heavy atom. The molecule has 4 nitrogen and oxygen atoms in total. The molecule has 2 heterocycles. The maximum Gasteiger partial charge on any atom is 0.410 e. The minimum Gasteiger partial charge on any atom is -0.444 e. The molecule has 0 unspecified atom stereocenters. The lowest BCUT2D eigenvalue weighted by Crippen LogP contribution is -2.49. The molecule has 21 heavy (non-hydrogen) atoms. The normalized spacial score (nSPS) is 27.9. The Labute approximate surface area is 135 Å². The molecule has 0 aromatic heterocycles. The number of nitrogens with one attached hydrogen (secondary N) is 1. The molecule has 2 fully saturated rings. The Morgan fingerprint density at radius 1 is 1.14 bits per heavy atom.